The van der Waals surface area contributed by atoms with Gasteiger partial charge in [-0.05, 0) is 56.9 Å². The summed E-state index contributed by atoms with van der Waals surface area (Å²) in [7, 11) is 1.78. The predicted molar refractivity (Wildman–Crippen MR) is 88.6 cm³/mol. The van der Waals surface area contributed by atoms with Crippen LogP contribution in [0.3, 0.4) is 0 Å². The number of benzene rings is 1. The maximum Gasteiger partial charge on any atom is 0.164 e. The normalized spacial score (nSPS) is 32.0. The molecule has 24 heavy (non-hydrogen) atoms. The second kappa shape index (κ2) is 7.89. The minimum absolute atomic E-state index is 0.0498. The molecular weight excluding hydrogens is 312 g/mol. The van der Waals surface area contributed by atoms with Gasteiger partial charge in [0, 0.05) is 24.8 Å². The average molecular weight is 339 g/mol. The molecule has 1 aliphatic carbocycles. The third kappa shape index (κ3) is 3.95. The van der Waals surface area contributed by atoms with Crippen molar-refractivity contribution in [3.05, 3.63) is 35.4 Å². The van der Waals surface area contributed by atoms with Crippen molar-refractivity contribution in [2.75, 3.05) is 7.11 Å². The van der Waals surface area contributed by atoms with E-state index in [1.165, 1.54) is 25.0 Å². The number of nitrogens with one attached hydrogen (secondary N) is 1. The van der Waals surface area contributed by atoms with E-state index in [4.69, 9.17) is 4.74 Å². The number of methoxy groups -OCH3 is 1. The molecule has 1 heterocycles. The lowest BCUT2D eigenvalue weighted by atomic mass is 9.83. The zero-order chi connectivity index (χ0) is 17.1. The maximum absolute atomic E-state index is 13.9. The van der Waals surface area contributed by atoms with Gasteiger partial charge in [-0.2, -0.15) is 0 Å². The molecule has 0 spiro atoms. The highest BCUT2D eigenvalue weighted by molar-refractivity contribution is 5.23. The summed E-state index contributed by atoms with van der Waals surface area (Å²) in [5.41, 5.74) is 0.0498. The van der Waals surface area contributed by atoms with Gasteiger partial charge in [0.15, 0.2) is 11.6 Å². The first kappa shape index (κ1) is 17.8. The van der Waals surface area contributed by atoms with Gasteiger partial charge in [0.1, 0.15) is 0 Å². The Balaban J connectivity index is 1.53. The summed E-state index contributed by atoms with van der Waals surface area (Å²) >= 11 is 0. The summed E-state index contributed by atoms with van der Waals surface area (Å²) in [4.78, 5) is 0. The van der Waals surface area contributed by atoms with Crippen molar-refractivity contribution in [2.45, 2.75) is 69.2 Å². The zero-order valence-corrected chi connectivity index (χ0v) is 14.2. The van der Waals surface area contributed by atoms with E-state index in [-0.39, 0.29) is 11.6 Å². The van der Waals surface area contributed by atoms with Crippen molar-refractivity contribution in [1.29, 1.82) is 0 Å². The summed E-state index contributed by atoms with van der Waals surface area (Å²) in [6, 6.07) is 4.13. The van der Waals surface area contributed by atoms with Crippen LogP contribution in [0.1, 0.15) is 56.6 Å². The van der Waals surface area contributed by atoms with Gasteiger partial charge in [0.05, 0.1) is 12.2 Å². The number of ether oxygens (including phenoxy) is 1. The fourth-order valence-electron chi connectivity index (χ4n) is 4.26. The van der Waals surface area contributed by atoms with Gasteiger partial charge in [-0.25, -0.2) is 8.78 Å². The molecule has 2 N–H and O–H groups in total. The van der Waals surface area contributed by atoms with Gasteiger partial charge in [-0.15, -0.1) is 0 Å². The third-order valence-corrected chi connectivity index (χ3v) is 5.70. The monoisotopic (exact) mass is 339 g/mol. The van der Waals surface area contributed by atoms with E-state index in [0.29, 0.717) is 18.1 Å². The summed E-state index contributed by atoms with van der Waals surface area (Å²) in [5.74, 6) is -1.15. The van der Waals surface area contributed by atoms with Crippen LogP contribution in [0.25, 0.3) is 0 Å². The van der Waals surface area contributed by atoms with Gasteiger partial charge in [-0.1, -0.05) is 12.1 Å². The number of hydrogen-bond acceptors (Lipinski definition) is 3. The Morgan fingerprint density at radius 1 is 1.17 bits per heavy atom. The van der Waals surface area contributed by atoms with E-state index < -0.39 is 17.7 Å². The molecule has 1 aromatic carbocycles. The summed E-state index contributed by atoms with van der Waals surface area (Å²) < 4.78 is 32.6. The quantitative estimate of drug-likeness (QED) is 0.859. The number of aliphatic hydroxyl groups excluding tert-OH is 1. The smallest absolute Gasteiger partial charge is 0.164 e. The molecule has 3 atom stereocenters. The molecule has 0 bridgehead atoms. The maximum atomic E-state index is 13.9. The largest absolute Gasteiger partial charge is 0.387 e. The first-order chi connectivity index (χ1) is 11.6. The molecule has 2 aliphatic rings. The number of aliphatic hydroxyl groups is 1. The Labute approximate surface area is 142 Å². The van der Waals surface area contributed by atoms with Gasteiger partial charge in [0.2, 0.25) is 0 Å². The Kier molecular flexibility index (Phi) is 5.85. The summed E-state index contributed by atoms with van der Waals surface area (Å²) in [6.45, 7) is 0. The molecule has 3 nitrogen and oxygen atoms in total. The molecule has 0 unspecified atom stereocenters. The lowest BCUT2D eigenvalue weighted by molar-refractivity contribution is 0.0538. The summed E-state index contributed by atoms with van der Waals surface area (Å²) in [6.07, 6.45) is 6.86. The van der Waals surface area contributed by atoms with Crippen molar-refractivity contribution in [1.82, 2.24) is 5.32 Å². The van der Waals surface area contributed by atoms with Gasteiger partial charge >= 0.3 is 0 Å². The molecule has 1 saturated carbocycles. The van der Waals surface area contributed by atoms with E-state index in [9.17, 15) is 13.9 Å². The Bertz CT molecular complexity index is 546. The van der Waals surface area contributed by atoms with Crippen LogP contribution in [0, 0.1) is 17.6 Å². The average Bonchev–Trinajstić information content (AvgIpc) is 3.06. The highest BCUT2D eigenvalue weighted by Gasteiger charge is 2.33. The predicted octanol–water partition coefficient (Wildman–Crippen LogP) is 3.71. The van der Waals surface area contributed by atoms with E-state index in [0.717, 1.165) is 38.2 Å². The number of halogens is 2. The standard InChI is InChI=1S/C19H27F2NO2/c1-24-14-8-5-12(6-9-14)11-13-7-10-17(22-13)19(23)15-3-2-4-16(20)18(15)21/h2-4,12-14,17,19,22-23H,5-11H2,1H3/t12?,13-,14?,17+,19+/m0/s1. The molecule has 5 heteroatoms. The lowest BCUT2D eigenvalue weighted by Crippen LogP contribution is -2.36. The molecule has 2 fully saturated rings. The Morgan fingerprint density at radius 3 is 2.62 bits per heavy atom. The molecule has 1 aromatic rings. The van der Waals surface area contributed by atoms with Crippen LogP contribution >= 0.6 is 0 Å². The van der Waals surface area contributed by atoms with Crippen LogP contribution < -0.4 is 5.32 Å². The van der Waals surface area contributed by atoms with Crippen molar-refractivity contribution in [3.8, 4) is 0 Å². The minimum atomic E-state index is -1.00. The van der Waals surface area contributed by atoms with Crippen LogP contribution in [0.15, 0.2) is 18.2 Å². The van der Waals surface area contributed by atoms with Crippen molar-refractivity contribution in [2.24, 2.45) is 5.92 Å². The van der Waals surface area contributed by atoms with Crippen LogP contribution in [-0.4, -0.2) is 30.4 Å². The Hall–Kier alpha value is -1.04. The summed E-state index contributed by atoms with van der Waals surface area (Å²) in [5, 5.41) is 13.9. The van der Waals surface area contributed by atoms with Crippen molar-refractivity contribution < 1.29 is 18.6 Å². The third-order valence-electron chi connectivity index (χ3n) is 5.70. The van der Waals surface area contributed by atoms with Gasteiger partial charge in [-0.3, -0.25) is 0 Å². The lowest BCUT2D eigenvalue weighted by Gasteiger charge is -2.29. The van der Waals surface area contributed by atoms with E-state index in [2.05, 4.69) is 5.32 Å². The first-order valence-electron chi connectivity index (χ1n) is 8.99. The topological polar surface area (TPSA) is 41.5 Å². The second-order valence-electron chi connectivity index (χ2n) is 7.25. The SMILES string of the molecule is COC1CCC(C[C@@H]2CC[C@H]([C@H](O)c3cccc(F)c3F)N2)CC1. The molecular formula is C19H27F2NO2. The van der Waals surface area contributed by atoms with E-state index >= 15 is 0 Å². The van der Waals surface area contributed by atoms with Gasteiger partial charge < -0.3 is 15.2 Å². The highest BCUT2D eigenvalue weighted by atomic mass is 19.2. The van der Waals surface area contributed by atoms with Crippen molar-refractivity contribution in [3.63, 3.8) is 0 Å². The van der Waals surface area contributed by atoms with E-state index in [1.54, 1.807) is 7.11 Å². The molecule has 0 aromatic heterocycles. The molecule has 3 rings (SSSR count). The van der Waals surface area contributed by atoms with Crippen LogP contribution in [0.4, 0.5) is 8.78 Å². The highest BCUT2D eigenvalue weighted by Crippen LogP contribution is 2.34. The molecule has 1 saturated heterocycles. The van der Waals surface area contributed by atoms with Crippen molar-refractivity contribution >= 4 is 0 Å². The minimum Gasteiger partial charge on any atom is -0.387 e. The van der Waals surface area contributed by atoms with Crippen LogP contribution in [0.5, 0.6) is 0 Å². The van der Waals surface area contributed by atoms with Gasteiger partial charge in [0.25, 0.3) is 0 Å². The number of hydrogen-bond donors (Lipinski definition) is 2. The fraction of sp³-hybridized carbons (Fsp3) is 0.684. The second-order valence-corrected chi connectivity index (χ2v) is 7.25. The van der Waals surface area contributed by atoms with Crippen LogP contribution in [-0.2, 0) is 4.74 Å². The first-order valence-corrected chi connectivity index (χ1v) is 8.99. The van der Waals surface area contributed by atoms with E-state index in [1.807, 2.05) is 0 Å². The molecule has 0 radical (unpaired) electrons. The molecule has 134 valence electrons. The fourth-order valence-corrected chi connectivity index (χ4v) is 4.26. The Morgan fingerprint density at radius 2 is 1.92 bits per heavy atom. The number of rotatable bonds is 5. The zero-order valence-electron chi connectivity index (χ0n) is 14.2. The molecule has 0 amide bonds. The van der Waals surface area contributed by atoms with Crippen LogP contribution in [0.2, 0.25) is 0 Å². The molecule has 1 aliphatic heterocycles.